The summed E-state index contributed by atoms with van der Waals surface area (Å²) in [6.07, 6.45) is 4.07. The van der Waals surface area contributed by atoms with E-state index in [1.807, 2.05) is 31.4 Å². The first-order valence-electron chi connectivity index (χ1n) is 17.3. The molecule has 0 saturated heterocycles. The molecule has 10 heteroatoms. The topological polar surface area (TPSA) is 146 Å². The molecule has 5 aromatic rings. The summed E-state index contributed by atoms with van der Waals surface area (Å²) in [5.41, 5.74) is 9.36. The van der Waals surface area contributed by atoms with Crippen LogP contribution in [0.3, 0.4) is 0 Å². The highest BCUT2D eigenvalue weighted by atomic mass is 16.6. The Morgan fingerprint density at radius 1 is 0.920 bits per heavy atom. The predicted octanol–water partition coefficient (Wildman–Crippen LogP) is 5.42. The summed E-state index contributed by atoms with van der Waals surface area (Å²) in [4.78, 5) is 3.28. The number of H-pyrrole nitrogens is 1. The highest BCUT2D eigenvalue weighted by molar-refractivity contribution is 5.85. The van der Waals surface area contributed by atoms with Crippen molar-refractivity contribution in [3.05, 3.63) is 100 Å². The van der Waals surface area contributed by atoms with Crippen LogP contribution in [0.1, 0.15) is 51.8 Å². The SMILES string of the molecule is CNCOC1Cc2c3c(c4c(c2OC1c1ccc(O)c(OCCO)c1)CCC(CO)O4)-c1ccc(O)cc1C(Cc1ccc2[nH]ccc2c1)C3. The van der Waals surface area contributed by atoms with Gasteiger partial charge in [-0.2, -0.15) is 0 Å². The fourth-order valence-corrected chi connectivity index (χ4v) is 8.02. The minimum Gasteiger partial charge on any atom is -0.508 e. The van der Waals surface area contributed by atoms with E-state index < -0.39 is 6.10 Å². The lowest BCUT2D eigenvalue weighted by Gasteiger charge is -2.41. The van der Waals surface area contributed by atoms with Crippen LogP contribution in [0.2, 0.25) is 0 Å². The number of nitrogens with one attached hydrogen (secondary N) is 2. The lowest BCUT2D eigenvalue weighted by molar-refractivity contribution is -0.0436. The second-order valence-electron chi connectivity index (χ2n) is 13.5. The molecule has 2 aliphatic heterocycles. The molecule has 3 aliphatic rings. The normalized spacial score (nSPS) is 20.6. The van der Waals surface area contributed by atoms with Crippen LogP contribution in [-0.2, 0) is 30.4 Å². The third-order valence-electron chi connectivity index (χ3n) is 10.3. The van der Waals surface area contributed by atoms with E-state index in [-0.39, 0.29) is 55.2 Å². The number of aromatic nitrogens is 1. The van der Waals surface area contributed by atoms with Crippen LogP contribution < -0.4 is 19.5 Å². The quantitative estimate of drug-likeness (QED) is 0.107. The largest absolute Gasteiger partial charge is 0.508 e. The number of aliphatic hydroxyl groups excluding tert-OH is 2. The Bertz CT molecular complexity index is 2040. The number of phenolic OH excluding ortho intramolecular Hbond substituents is 2. The van der Waals surface area contributed by atoms with Gasteiger partial charge in [0, 0.05) is 34.8 Å². The standard InChI is InChI=1S/C40H42N2O8/c1-41-21-48-36-19-32-31-16-25(15-22-2-8-33-23(14-22)10-11-42-33)30-18-26(45)4-6-28(30)37(31)40-29(7-5-27(20-44)49-40)39(32)50-38(36)24-3-9-34(46)35(17-24)47-13-12-43/h2-4,6,8-11,14,17-18,25,27,36,38,41-46H,5,7,12-13,15-16,19-21H2,1H3. The minimum atomic E-state index is -0.526. The lowest BCUT2D eigenvalue weighted by Crippen LogP contribution is -2.37. The van der Waals surface area contributed by atoms with E-state index in [0.717, 1.165) is 67.8 Å². The number of hydrogen-bond acceptors (Lipinski definition) is 9. The van der Waals surface area contributed by atoms with Gasteiger partial charge >= 0.3 is 0 Å². The van der Waals surface area contributed by atoms with Gasteiger partial charge in [-0.05, 0) is 114 Å². The van der Waals surface area contributed by atoms with Crippen molar-refractivity contribution in [1.82, 2.24) is 10.3 Å². The average Bonchev–Trinajstić information content (AvgIpc) is 3.61. The summed E-state index contributed by atoms with van der Waals surface area (Å²) in [5.74, 6) is 2.05. The molecule has 4 unspecified atom stereocenters. The van der Waals surface area contributed by atoms with E-state index in [0.29, 0.717) is 32.4 Å². The maximum Gasteiger partial charge on any atom is 0.161 e. The van der Waals surface area contributed by atoms with Crippen molar-refractivity contribution < 1.29 is 39.4 Å². The number of ether oxygens (including phenoxy) is 4. The molecule has 0 saturated carbocycles. The molecule has 3 heterocycles. The Hall–Kier alpha value is -4.74. The van der Waals surface area contributed by atoms with Crippen LogP contribution in [0, 0.1) is 0 Å². The van der Waals surface area contributed by atoms with E-state index in [4.69, 9.17) is 18.9 Å². The number of fused-ring (bicyclic) bond motifs is 9. The molecule has 0 radical (unpaired) electrons. The summed E-state index contributed by atoms with van der Waals surface area (Å²) in [7, 11) is 1.84. The van der Waals surface area contributed by atoms with Gasteiger partial charge in [0.25, 0.3) is 0 Å². The number of benzene rings is 4. The van der Waals surface area contributed by atoms with Gasteiger partial charge in [-0.25, -0.2) is 0 Å². The molecule has 8 rings (SSSR count). The fraction of sp³-hybridized carbons (Fsp3) is 0.350. The molecule has 0 bridgehead atoms. The minimum absolute atomic E-state index is 0.0209. The highest BCUT2D eigenvalue weighted by Crippen LogP contribution is 2.56. The maximum absolute atomic E-state index is 10.7. The van der Waals surface area contributed by atoms with Crippen molar-refractivity contribution in [3.8, 4) is 39.9 Å². The summed E-state index contributed by atoms with van der Waals surface area (Å²) < 4.78 is 25.7. The zero-order valence-electron chi connectivity index (χ0n) is 27.9. The van der Waals surface area contributed by atoms with Crippen molar-refractivity contribution in [2.24, 2.45) is 0 Å². The van der Waals surface area contributed by atoms with E-state index in [1.165, 1.54) is 5.56 Å². The molecule has 4 aromatic carbocycles. The first kappa shape index (κ1) is 32.5. The number of aliphatic hydroxyl groups is 2. The molecule has 260 valence electrons. The van der Waals surface area contributed by atoms with E-state index in [1.54, 1.807) is 18.2 Å². The summed E-state index contributed by atoms with van der Waals surface area (Å²) in [6.45, 7) is 0.0904. The second-order valence-corrected chi connectivity index (χ2v) is 13.5. The van der Waals surface area contributed by atoms with Crippen LogP contribution >= 0.6 is 0 Å². The Kier molecular flexibility index (Phi) is 8.78. The summed E-state index contributed by atoms with van der Waals surface area (Å²) in [5, 5.41) is 45.0. The number of aromatic amines is 1. The summed E-state index contributed by atoms with van der Waals surface area (Å²) >= 11 is 0. The fourth-order valence-electron chi connectivity index (χ4n) is 8.02. The van der Waals surface area contributed by atoms with Gasteiger partial charge in [-0.15, -0.1) is 0 Å². The zero-order chi connectivity index (χ0) is 34.4. The Morgan fingerprint density at radius 3 is 2.66 bits per heavy atom. The van der Waals surface area contributed by atoms with Gasteiger partial charge in [0.2, 0.25) is 0 Å². The van der Waals surface area contributed by atoms with E-state index in [2.05, 4.69) is 34.6 Å². The molecule has 1 aliphatic carbocycles. The molecular weight excluding hydrogens is 636 g/mol. The predicted molar refractivity (Wildman–Crippen MR) is 188 cm³/mol. The van der Waals surface area contributed by atoms with Crippen LogP contribution in [0.5, 0.6) is 28.7 Å². The van der Waals surface area contributed by atoms with Crippen molar-refractivity contribution in [2.75, 3.05) is 33.6 Å². The Labute approximate surface area is 290 Å². The highest BCUT2D eigenvalue weighted by Gasteiger charge is 2.42. The van der Waals surface area contributed by atoms with E-state index in [9.17, 15) is 20.4 Å². The van der Waals surface area contributed by atoms with Gasteiger partial charge < -0.3 is 44.4 Å². The number of rotatable bonds is 10. The number of hydrogen-bond donors (Lipinski definition) is 6. The Morgan fingerprint density at radius 2 is 1.82 bits per heavy atom. The molecule has 0 amide bonds. The molecule has 1 aromatic heterocycles. The molecule has 50 heavy (non-hydrogen) atoms. The van der Waals surface area contributed by atoms with Crippen LogP contribution in [-0.4, -0.2) is 71.2 Å². The molecule has 0 spiro atoms. The first-order chi connectivity index (χ1) is 24.4. The van der Waals surface area contributed by atoms with Gasteiger partial charge in [0.05, 0.1) is 19.9 Å². The lowest BCUT2D eigenvalue weighted by atomic mass is 9.72. The van der Waals surface area contributed by atoms with Crippen molar-refractivity contribution in [2.45, 2.75) is 56.3 Å². The maximum atomic E-state index is 10.7. The van der Waals surface area contributed by atoms with Crippen LogP contribution in [0.25, 0.3) is 22.0 Å². The van der Waals surface area contributed by atoms with Gasteiger partial charge in [0.1, 0.15) is 36.1 Å². The van der Waals surface area contributed by atoms with Gasteiger partial charge in [0.15, 0.2) is 17.6 Å². The number of aromatic hydroxyl groups is 2. The molecule has 0 fully saturated rings. The van der Waals surface area contributed by atoms with Gasteiger partial charge in [-0.3, -0.25) is 5.32 Å². The van der Waals surface area contributed by atoms with Crippen LogP contribution in [0.4, 0.5) is 0 Å². The molecular formula is C40H42N2O8. The van der Waals surface area contributed by atoms with Crippen molar-refractivity contribution in [3.63, 3.8) is 0 Å². The molecule has 4 atom stereocenters. The number of phenols is 2. The first-order valence-corrected chi connectivity index (χ1v) is 17.3. The third-order valence-corrected chi connectivity index (χ3v) is 10.3. The summed E-state index contributed by atoms with van der Waals surface area (Å²) in [6, 6.07) is 19.4. The zero-order valence-corrected chi connectivity index (χ0v) is 27.9. The average molecular weight is 679 g/mol. The third kappa shape index (κ3) is 5.82. The van der Waals surface area contributed by atoms with Crippen LogP contribution in [0.15, 0.2) is 66.9 Å². The molecule has 10 nitrogen and oxygen atoms in total. The monoisotopic (exact) mass is 678 g/mol. The second kappa shape index (κ2) is 13.5. The smallest absolute Gasteiger partial charge is 0.161 e. The van der Waals surface area contributed by atoms with Crippen molar-refractivity contribution in [1.29, 1.82) is 0 Å². The molecule has 6 N–H and O–H groups in total. The van der Waals surface area contributed by atoms with Crippen molar-refractivity contribution >= 4 is 10.9 Å². The van der Waals surface area contributed by atoms with E-state index >= 15 is 0 Å². The van der Waals surface area contributed by atoms with Gasteiger partial charge in [-0.1, -0.05) is 18.2 Å². The Balaban J connectivity index is 1.27.